The maximum atomic E-state index is 13.8. The number of carbonyl (C=O) groups excluding carboxylic acids is 2. The molecule has 0 aliphatic heterocycles. The second-order valence-corrected chi connectivity index (χ2v) is 12.8. The number of alkyl carbamates (subject to hydrolysis) is 1. The van der Waals surface area contributed by atoms with Crippen LogP contribution in [0.25, 0.3) is 11.3 Å². The number of amides is 1. The summed E-state index contributed by atoms with van der Waals surface area (Å²) in [4.78, 5) is 26.4. The second kappa shape index (κ2) is 12.5. The number of hydrogen-bond acceptors (Lipinski definition) is 7. The molecule has 0 unspecified atom stereocenters. The van der Waals surface area contributed by atoms with E-state index in [0.717, 1.165) is 10.2 Å². The van der Waals surface area contributed by atoms with Crippen LogP contribution in [0.1, 0.15) is 65.0 Å². The number of hydrogen-bond donors (Lipinski definition) is 2. The first-order valence-electron chi connectivity index (χ1n) is 14.2. The van der Waals surface area contributed by atoms with Crippen molar-refractivity contribution in [2.45, 2.75) is 83.8 Å². The van der Waals surface area contributed by atoms with Crippen molar-refractivity contribution in [1.82, 2.24) is 25.6 Å². The average Bonchev–Trinajstić information content (AvgIpc) is 3.62. The minimum atomic E-state index is -4.43. The van der Waals surface area contributed by atoms with Crippen LogP contribution in [0, 0.1) is 5.41 Å². The molecular formula is C31H36F3N5O4S. The minimum Gasteiger partial charge on any atom is -0.461 e. The van der Waals surface area contributed by atoms with Gasteiger partial charge in [-0.2, -0.15) is 13.2 Å². The first-order chi connectivity index (χ1) is 20.5. The largest absolute Gasteiger partial charge is 0.461 e. The van der Waals surface area contributed by atoms with Crippen molar-refractivity contribution in [3.8, 4) is 11.3 Å². The first-order valence-corrected chi connectivity index (χ1v) is 14.6. The predicted octanol–water partition coefficient (Wildman–Crippen LogP) is 6.38. The molecule has 1 amide bonds. The van der Waals surface area contributed by atoms with Crippen molar-refractivity contribution in [1.29, 1.82) is 0 Å². The number of nitrogens with one attached hydrogen (secondary N) is 2. The number of aromatic nitrogens is 3. The maximum Gasteiger partial charge on any atom is 0.413 e. The molecule has 0 spiro atoms. The minimum absolute atomic E-state index is 0.0218. The molecule has 0 saturated heterocycles. The van der Waals surface area contributed by atoms with Gasteiger partial charge in [-0.1, -0.05) is 80.6 Å². The van der Waals surface area contributed by atoms with Gasteiger partial charge in [-0.3, -0.25) is 5.32 Å². The Hall–Kier alpha value is -4.00. The van der Waals surface area contributed by atoms with E-state index in [1.807, 2.05) is 51.1 Å². The summed E-state index contributed by atoms with van der Waals surface area (Å²) in [7, 11) is 0. The molecule has 13 heteroatoms. The quantitative estimate of drug-likeness (QED) is 0.207. The van der Waals surface area contributed by atoms with Gasteiger partial charge in [-0.25, -0.2) is 14.3 Å². The first kappa shape index (κ1) is 32.9. The normalized spacial score (nSPS) is 15.7. The van der Waals surface area contributed by atoms with E-state index in [2.05, 4.69) is 20.9 Å². The fourth-order valence-electron chi connectivity index (χ4n) is 4.94. The fourth-order valence-corrected chi connectivity index (χ4v) is 5.20. The lowest BCUT2D eigenvalue weighted by Crippen LogP contribution is -2.58. The maximum absolute atomic E-state index is 13.8. The van der Waals surface area contributed by atoms with E-state index in [9.17, 15) is 22.8 Å². The number of carbonyl (C=O) groups is 2. The van der Waals surface area contributed by atoms with Gasteiger partial charge in [-0.05, 0) is 61.9 Å². The highest BCUT2D eigenvalue weighted by atomic mass is 32.1. The predicted molar refractivity (Wildman–Crippen MR) is 161 cm³/mol. The van der Waals surface area contributed by atoms with Crippen LogP contribution in [0.3, 0.4) is 0 Å². The molecule has 2 aromatic carbocycles. The highest BCUT2D eigenvalue weighted by Gasteiger charge is 2.66. The van der Waals surface area contributed by atoms with Crippen molar-refractivity contribution >= 4 is 29.4 Å². The highest BCUT2D eigenvalue weighted by Crippen LogP contribution is 2.55. The van der Waals surface area contributed by atoms with Gasteiger partial charge in [0.15, 0.2) is 16.2 Å². The Morgan fingerprint density at radius 1 is 1.05 bits per heavy atom. The van der Waals surface area contributed by atoms with Gasteiger partial charge < -0.3 is 14.8 Å². The van der Waals surface area contributed by atoms with Crippen molar-refractivity contribution < 1.29 is 32.2 Å². The van der Waals surface area contributed by atoms with Crippen LogP contribution in [-0.4, -0.2) is 44.4 Å². The van der Waals surface area contributed by atoms with Gasteiger partial charge in [-0.15, -0.1) is 5.10 Å². The number of alkyl halides is 3. The van der Waals surface area contributed by atoms with E-state index in [-0.39, 0.29) is 36.7 Å². The zero-order valence-corrected chi connectivity index (χ0v) is 26.0. The Morgan fingerprint density at radius 3 is 2.23 bits per heavy atom. The van der Waals surface area contributed by atoms with Crippen LogP contribution in [0.2, 0.25) is 0 Å². The number of ether oxygens (including phenoxy) is 2. The summed E-state index contributed by atoms with van der Waals surface area (Å²) in [6.07, 6.45) is -4.32. The lowest BCUT2D eigenvalue weighted by atomic mass is 9.75. The molecule has 1 fully saturated rings. The van der Waals surface area contributed by atoms with Crippen LogP contribution in [0.5, 0.6) is 0 Å². The van der Waals surface area contributed by atoms with E-state index in [0.29, 0.717) is 11.1 Å². The van der Waals surface area contributed by atoms with E-state index in [1.54, 1.807) is 38.1 Å². The third kappa shape index (κ3) is 7.55. The summed E-state index contributed by atoms with van der Waals surface area (Å²) in [5.74, 6) is -0.622. The fraction of sp³-hybridized carbons (Fsp3) is 0.452. The van der Waals surface area contributed by atoms with Gasteiger partial charge in [0.2, 0.25) is 0 Å². The molecule has 1 saturated carbocycles. The Balaban J connectivity index is 1.61. The number of rotatable bonds is 9. The Labute approximate surface area is 259 Å². The SMILES string of the molecule is CC(C)OC(=O)[C@](CC(C)(C)C)(NC(=S)NC(=O)OCc1ccccc1)c1ccc(-c2cn(C3(C(F)(F)F)CC3)nn2)cc1. The standard InChI is InChI=1S/C31H36F3N5O4S/c1-20(2)43-25(40)30(19-28(3,4)5,36-26(44)35-27(41)42-18-21-9-7-6-8-10-21)23-13-11-22(12-14-23)24-17-39(38-37-24)29(15-16-29)31(32,33)34/h6-14,17,20H,15-16,18-19H2,1-5H3,(H2,35,36,41,44)/t30-/m1/s1. The highest BCUT2D eigenvalue weighted by molar-refractivity contribution is 7.80. The van der Waals surface area contributed by atoms with E-state index in [1.165, 1.54) is 6.20 Å². The van der Waals surface area contributed by atoms with E-state index < -0.39 is 40.8 Å². The van der Waals surface area contributed by atoms with Gasteiger partial charge in [0.25, 0.3) is 0 Å². The Kier molecular flexibility index (Phi) is 9.38. The molecule has 0 bridgehead atoms. The monoisotopic (exact) mass is 631 g/mol. The molecule has 0 radical (unpaired) electrons. The third-order valence-corrected chi connectivity index (χ3v) is 7.30. The Morgan fingerprint density at radius 2 is 1.68 bits per heavy atom. The number of nitrogens with zero attached hydrogens (tertiary/aromatic N) is 3. The van der Waals surface area contributed by atoms with Crippen LogP contribution >= 0.6 is 12.2 Å². The molecule has 1 aliphatic carbocycles. The van der Waals surface area contributed by atoms with Gasteiger partial charge in [0.05, 0.1) is 12.3 Å². The molecule has 44 heavy (non-hydrogen) atoms. The smallest absolute Gasteiger partial charge is 0.413 e. The summed E-state index contributed by atoms with van der Waals surface area (Å²) in [5.41, 5.74) is -1.99. The lowest BCUT2D eigenvalue weighted by molar-refractivity contribution is -0.183. The topological polar surface area (TPSA) is 107 Å². The summed E-state index contributed by atoms with van der Waals surface area (Å²) >= 11 is 5.46. The van der Waals surface area contributed by atoms with Gasteiger partial charge in [0, 0.05) is 5.56 Å². The summed E-state index contributed by atoms with van der Waals surface area (Å²) < 4.78 is 52.6. The molecule has 4 rings (SSSR count). The van der Waals surface area contributed by atoms with Crippen LogP contribution < -0.4 is 10.6 Å². The number of esters is 1. The number of halogens is 3. The van der Waals surface area contributed by atoms with Crippen molar-refractivity contribution in [3.05, 3.63) is 71.9 Å². The Bertz CT molecular complexity index is 1480. The van der Waals surface area contributed by atoms with Crippen molar-refractivity contribution in [2.75, 3.05) is 0 Å². The second-order valence-electron chi connectivity index (χ2n) is 12.4. The molecule has 1 aromatic heterocycles. The van der Waals surface area contributed by atoms with Crippen LogP contribution in [0.15, 0.2) is 60.8 Å². The summed E-state index contributed by atoms with van der Waals surface area (Å²) in [6.45, 7) is 9.29. The zero-order valence-electron chi connectivity index (χ0n) is 25.2. The summed E-state index contributed by atoms with van der Waals surface area (Å²) in [6, 6.07) is 15.7. The molecule has 236 valence electrons. The average molecular weight is 632 g/mol. The van der Waals surface area contributed by atoms with Gasteiger partial charge in [0.1, 0.15) is 12.3 Å². The van der Waals surface area contributed by atoms with Crippen LogP contribution in [-0.2, 0) is 32.0 Å². The van der Waals surface area contributed by atoms with Gasteiger partial charge >= 0.3 is 18.2 Å². The number of benzene rings is 2. The third-order valence-electron chi connectivity index (χ3n) is 7.10. The molecule has 9 nitrogen and oxygen atoms in total. The molecule has 2 N–H and O–H groups in total. The molecule has 3 aromatic rings. The summed E-state index contributed by atoms with van der Waals surface area (Å²) in [5, 5.41) is 13.1. The molecule has 1 heterocycles. The van der Waals surface area contributed by atoms with Crippen molar-refractivity contribution in [3.63, 3.8) is 0 Å². The van der Waals surface area contributed by atoms with E-state index >= 15 is 0 Å². The van der Waals surface area contributed by atoms with Crippen LogP contribution in [0.4, 0.5) is 18.0 Å². The zero-order chi connectivity index (χ0) is 32.3. The number of thiocarbonyl (C=S) groups is 1. The molecule has 1 atom stereocenters. The molecular weight excluding hydrogens is 595 g/mol. The lowest BCUT2D eigenvalue weighted by Gasteiger charge is -2.39. The van der Waals surface area contributed by atoms with Crippen molar-refractivity contribution in [2.24, 2.45) is 5.41 Å². The van der Waals surface area contributed by atoms with E-state index in [4.69, 9.17) is 21.7 Å². The molecule has 1 aliphatic rings.